The van der Waals surface area contributed by atoms with Crippen LogP contribution in [-0.2, 0) is 9.53 Å². The SMILES string of the molecule is C[Si](C)c1ccccc1[C@@H](OC(C)(C)C)C(=O)O. The monoisotopic (exact) mass is 265 g/mol. The quantitative estimate of drug-likeness (QED) is 0.851. The Kier molecular flexibility index (Phi) is 4.70. The number of benzene rings is 1. The molecule has 0 aliphatic heterocycles. The molecule has 1 atom stereocenters. The molecule has 0 saturated carbocycles. The molecule has 0 aliphatic rings. The summed E-state index contributed by atoms with van der Waals surface area (Å²) in [5, 5.41) is 10.5. The van der Waals surface area contributed by atoms with Crippen molar-refractivity contribution in [3.05, 3.63) is 29.8 Å². The Bertz CT molecular complexity index is 421. The van der Waals surface area contributed by atoms with Crippen molar-refractivity contribution >= 4 is 20.0 Å². The highest BCUT2D eigenvalue weighted by molar-refractivity contribution is 6.71. The third-order valence-electron chi connectivity index (χ3n) is 2.48. The van der Waals surface area contributed by atoms with E-state index in [2.05, 4.69) is 13.1 Å². The second-order valence-corrected chi connectivity index (χ2v) is 8.07. The average molecular weight is 265 g/mol. The van der Waals surface area contributed by atoms with E-state index in [9.17, 15) is 9.90 Å². The van der Waals surface area contributed by atoms with Crippen molar-refractivity contribution in [1.82, 2.24) is 0 Å². The molecule has 3 nitrogen and oxygen atoms in total. The predicted octanol–water partition coefficient (Wildman–Crippen LogP) is 2.59. The third kappa shape index (κ3) is 3.96. The lowest BCUT2D eigenvalue weighted by molar-refractivity contribution is -0.160. The van der Waals surface area contributed by atoms with Gasteiger partial charge in [-0.1, -0.05) is 42.5 Å². The number of rotatable bonds is 4. The van der Waals surface area contributed by atoms with Crippen LogP contribution in [0.4, 0.5) is 0 Å². The Morgan fingerprint density at radius 3 is 2.28 bits per heavy atom. The van der Waals surface area contributed by atoms with Crippen LogP contribution in [0.1, 0.15) is 32.4 Å². The molecule has 0 saturated heterocycles. The van der Waals surface area contributed by atoms with E-state index in [0.717, 1.165) is 10.8 Å². The zero-order chi connectivity index (χ0) is 13.9. The molecular formula is C14H21O3Si. The van der Waals surface area contributed by atoms with Crippen LogP contribution in [-0.4, -0.2) is 25.5 Å². The van der Waals surface area contributed by atoms with E-state index in [1.165, 1.54) is 0 Å². The summed E-state index contributed by atoms with van der Waals surface area (Å²) < 4.78 is 5.69. The largest absolute Gasteiger partial charge is 0.479 e. The highest BCUT2D eigenvalue weighted by atomic mass is 28.3. The lowest BCUT2D eigenvalue weighted by atomic mass is 10.1. The van der Waals surface area contributed by atoms with Crippen LogP contribution in [0.15, 0.2) is 24.3 Å². The maximum Gasteiger partial charge on any atom is 0.337 e. The van der Waals surface area contributed by atoms with E-state index in [1.807, 2.05) is 45.0 Å². The topological polar surface area (TPSA) is 46.5 Å². The van der Waals surface area contributed by atoms with Gasteiger partial charge in [-0.15, -0.1) is 0 Å². The van der Waals surface area contributed by atoms with Gasteiger partial charge in [0.05, 0.1) is 14.4 Å². The minimum Gasteiger partial charge on any atom is -0.479 e. The van der Waals surface area contributed by atoms with E-state index in [0.29, 0.717) is 0 Å². The predicted molar refractivity (Wildman–Crippen MR) is 74.8 cm³/mol. The fraction of sp³-hybridized carbons (Fsp3) is 0.500. The number of hydrogen-bond acceptors (Lipinski definition) is 2. The summed E-state index contributed by atoms with van der Waals surface area (Å²) in [5.41, 5.74) is 0.309. The van der Waals surface area contributed by atoms with Gasteiger partial charge < -0.3 is 9.84 Å². The van der Waals surface area contributed by atoms with Crippen molar-refractivity contribution in [3.63, 3.8) is 0 Å². The first kappa shape index (κ1) is 14.9. The molecule has 1 N–H and O–H groups in total. The Morgan fingerprint density at radius 2 is 1.83 bits per heavy atom. The van der Waals surface area contributed by atoms with Crippen molar-refractivity contribution in [3.8, 4) is 0 Å². The van der Waals surface area contributed by atoms with Crippen LogP contribution in [0.3, 0.4) is 0 Å². The fourth-order valence-corrected chi connectivity index (χ4v) is 3.00. The minimum absolute atomic E-state index is 0.482. The molecule has 1 aromatic rings. The Labute approximate surface area is 110 Å². The first-order valence-corrected chi connectivity index (χ1v) is 8.52. The molecular weight excluding hydrogens is 244 g/mol. The first-order chi connectivity index (χ1) is 8.22. The van der Waals surface area contributed by atoms with Gasteiger partial charge in [0, 0.05) is 0 Å². The van der Waals surface area contributed by atoms with Gasteiger partial charge in [0.25, 0.3) is 0 Å². The van der Waals surface area contributed by atoms with Crippen molar-refractivity contribution < 1.29 is 14.6 Å². The zero-order valence-corrected chi connectivity index (χ0v) is 12.7. The number of aliphatic carboxylic acids is 1. The highest BCUT2D eigenvalue weighted by Crippen LogP contribution is 2.23. The van der Waals surface area contributed by atoms with Gasteiger partial charge in [-0.05, 0) is 26.3 Å². The smallest absolute Gasteiger partial charge is 0.337 e. The van der Waals surface area contributed by atoms with Crippen LogP contribution in [0.25, 0.3) is 0 Å². The van der Waals surface area contributed by atoms with Crippen molar-refractivity contribution in [2.24, 2.45) is 0 Å². The second kappa shape index (κ2) is 5.67. The van der Waals surface area contributed by atoms with Crippen LogP contribution < -0.4 is 5.19 Å². The van der Waals surface area contributed by atoms with E-state index in [-0.39, 0.29) is 0 Å². The Balaban J connectivity index is 3.18. The van der Waals surface area contributed by atoms with Crippen LogP contribution >= 0.6 is 0 Å². The summed E-state index contributed by atoms with van der Waals surface area (Å²) in [6.07, 6.45) is -0.888. The molecule has 0 spiro atoms. The molecule has 0 aromatic heterocycles. The second-order valence-electron chi connectivity index (χ2n) is 5.54. The van der Waals surface area contributed by atoms with Crippen molar-refractivity contribution in [2.45, 2.75) is 45.6 Å². The fourth-order valence-electron chi connectivity index (χ4n) is 1.78. The van der Waals surface area contributed by atoms with Crippen LogP contribution in [0, 0.1) is 0 Å². The molecule has 99 valence electrons. The summed E-state index contributed by atoms with van der Waals surface area (Å²) in [4.78, 5) is 11.4. The van der Waals surface area contributed by atoms with Crippen LogP contribution in [0.2, 0.25) is 13.1 Å². The number of carbonyl (C=O) groups is 1. The summed E-state index contributed by atoms with van der Waals surface area (Å²) in [7, 11) is -0.718. The summed E-state index contributed by atoms with van der Waals surface area (Å²) >= 11 is 0. The molecule has 4 heteroatoms. The van der Waals surface area contributed by atoms with Crippen molar-refractivity contribution in [1.29, 1.82) is 0 Å². The third-order valence-corrected chi connectivity index (χ3v) is 4.01. The zero-order valence-electron chi connectivity index (χ0n) is 11.7. The maximum absolute atomic E-state index is 11.4. The normalized spacial score (nSPS) is 13.7. The van der Waals surface area contributed by atoms with Gasteiger partial charge >= 0.3 is 5.97 Å². The maximum atomic E-state index is 11.4. The lowest BCUT2D eigenvalue weighted by Gasteiger charge is -2.27. The molecule has 1 rings (SSSR count). The molecule has 1 radical (unpaired) electrons. The van der Waals surface area contributed by atoms with Gasteiger partial charge in [-0.3, -0.25) is 0 Å². The molecule has 18 heavy (non-hydrogen) atoms. The van der Waals surface area contributed by atoms with Gasteiger partial charge in [-0.25, -0.2) is 4.79 Å². The standard InChI is InChI=1S/C14H21O3Si/c1-14(2,3)17-12(13(15)16)10-8-6-7-9-11(10)18(4)5/h6-9,12H,1-5H3,(H,15,16)/t12-/m1/s1. The Hall–Kier alpha value is -1.13. The average Bonchev–Trinajstić information content (AvgIpc) is 2.24. The molecule has 1 aromatic carbocycles. The molecule has 0 fully saturated rings. The minimum atomic E-state index is -0.930. The van der Waals surface area contributed by atoms with E-state index >= 15 is 0 Å². The molecule has 0 bridgehead atoms. The van der Waals surface area contributed by atoms with Gasteiger partial charge in [0.2, 0.25) is 0 Å². The van der Waals surface area contributed by atoms with Gasteiger partial charge in [0.15, 0.2) is 6.10 Å². The Morgan fingerprint density at radius 1 is 1.28 bits per heavy atom. The summed E-state index contributed by atoms with van der Waals surface area (Å²) in [6, 6.07) is 7.68. The summed E-state index contributed by atoms with van der Waals surface area (Å²) in [6.45, 7) is 9.92. The van der Waals surface area contributed by atoms with E-state index in [1.54, 1.807) is 0 Å². The van der Waals surface area contributed by atoms with Crippen molar-refractivity contribution in [2.75, 3.05) is 0 Å². The van der Waals surface area contributed by atoms with Gasteiger partial charge in [0.1, 0.15) is 0 Å². The summed E-state index contributed by atoms with van der Waals surface area (Å²) in [5.74, 6) is -0.930. The molecule has 0 amide bonds. The molecule has 0 heterocycles. The number of carboxylic acids is 1. The van der Waals surface area contributed by atoms with Crippen LogP contribution in [0.5, 0.6) is 0 Å². The molecule has 0 aliphatic carbocycles. The van der Waals surface area contributed by atoms with Gasteiger partial charge in [-0.2, -0.15) is 0 Å². The lowest BCUT2D eigenvalue weighted by Crippen LogP contribution is -2.34. The van der Waals surface area contributed by atoms with E-state index in [4.69, 9.17) is 4.74 Å². The number of carboxylic acid groups (broad SMARTS) is 1. The van der Waals surface area contributed by atoms with E-state index < -0.39 is 26.5 Å². The highest BCUT2D eigenvalue weighted by Gasteiger charge is 2.28. The first-order valence-electron chi connectivity index (χ1n) is 6.02. The number of hydrogen-bond donors (Lipinski definition) is 1. The number of ether oxygens (including phenoxy) is 1. The molecule has 0 unspecified atom stereocenters.